The van der Waals surface area contributed by atoms with Gasteiger partial charge in [0.05, 0.1) is 12.2 Å². The van der Waals surface area contributed by atoms with Crippen molar-refractivity contribution in [2.24, 2.45) is 34.5 Å². The molecule has 28 heavy (non-hydrogen) atoms. The van der Waals surface area contributed by atoms with Gasteiger partial charge < -0.3 is 15.1 Å². The van der Waals surface area contributed by atoms with Gasteiger partial charge in [0.15, 0.2) is 0 Å². The van der Waals surface area contributed by atoms with Gasteiger partial charge in [0.1, 0.15) is 0 Å². The van der Waals surface area contributed by atoms with Crippen molar-refractivity contribution < 1.29 is 10.2 Å². The minimum Gasteiger partial charge on any atom is -0.393 e. The van der Waals surface area contributed by atoms with Crippen LogP contribution in [0.4, 0.5) is 0 Å². The molecule has 0 bridgehead atoms. The van der Waals surface area contributed by atoms with Gasteiger partial charge in [0.25, 0.3) is 0 Å². The minimum absolute atomic E-state index is 0.0462. The Morgan fingerprint density at radius 1 is 0.857 bits per heavy atom. The quantitative estimate of drug-likeness (QED) is 0.741. The molecule has 160 valence electrons. The number of aliphatic hydroxyl groups is 2. The number of rotatable bonds is 3. The highest BCUT2D eigenvalue weighted by atomic mass is 16.3. The standard InChI is InChI=1S/C25H43NO2/c1-24-11-9-19(27)17-18(24)5-6-20-21(24)10-12-25(22(20)7-8-23(25)28)13-16-26-14-3-2-4-15-26/h18-23,27-28H,2-17H2,1H3/t18?,19?,20-,21+,22+,23?,24+,25-/m1/s1. The summed E-state index contributed by atoms with van der Waals surface area (Å²) >= 11 is 0. The van der Waals surface area contributed by atoms with Crippen LogP contribution in [0.2, 0.25) is 0 Å². The molecule has 1 heterocycles. The van der Waals surface area contributed by atoms with Gasteiger partial charge in [-0.1, -0.05) is 13.3 Å². The monoisotopic (exact) mass is 389 g/mol. The molecule has 5 aliphatic rings. The highest BCUT2D eigenvalue weighted by Gasteiger charge is 2.61. The lowest BCUT2D eigenvalue weighted by molar-refractivity contribution is -0.141. The van der Waals surface area contributed by atoms with Gasteiger partial charge in [-0.05, 0) is 126 Å². The largest absolute Gasteiger partial charge is 0.393 e. The Bertz CT molecular complexity index is 561. The number of fused-ring (bicyclic) bond motifs is 5. The Kier molecular flexibility index (Phi) is 5.33. The first-order valence-electron chi connectivity index (χ1n) is 12.6. The molecule has 0 radical (unpaired) electrons. The van der Waals surface area contributed by atoms with Crippen LogP contribution >= 0.6 is 0 Å². The van der Waals surface area contributed by atoms with Crippen molar-refractivity contribution in [1.82, 2.24) is 4.90 Å². The fraction of sp³-hybridized carbons (Fsp3) is 1.00. The Labute approximate surface area is 172 Å². The maximum Gasteiger partial charge on any atom is 0.0599 e. The molecule has 0 spiro atoms. The molecule has 1 aliphatic heterocycles. The second-order valence-electron chi connectivity index (χ2n) is 11.6. The lowest BCUT2D eigenvalue weighted by atomic mass is 9.44. The van der Waals surface area contributed by atoms with Gasteiger partial charge in [0.2, 0.25) is 0 Å². The van der Waals surface area contributed by atoms with E-state index in [9.17, 15) is 10.2 Å². The van der Waals surface area contributed by atoms with E-state index in [2.05, 4.69) is 11.8 Å². The van der Waals surface area contributed by atoms with Crippen molar-refractivity contribution in [1.29, 1.82) is 0 Å². The normalized spacial score (nSPS) is 52.0. The first kappa shape index (κ1) is 19.8. The van der Waals surface area contributed by atoms with Crippen LogP contribution in [-0.4, -0.2) is 47.0 Å². The van der Waals surface area contributed by atoms with Crippen LogP contribution in [0.15, 0.2) is 0 Å². The van der Waals surface area contributed by atoms with Gasteiger partial charge in [-0.15, -0.1) is 0 Å². The van der Waals surface area contributed by atoms with Crippen molar-refractivity contribution in [3.8, 4) is 0 Å². The molecule has 4 aliphatic carbocycles. The number of aliphatic hydroxyl groups excluding tert-OH is 2. The summed E-state index contributed by atoms with van der Waals surface area (Å²) in [6, 6.07) is 0. The topological polar surface area (TPSA) is 43.7 Å². The molecule has 5 fully saturated rings. The molecule has 3 heteroatoms. The van der Waals surface area contributed by atoms with Crippen LogP contribution in [-0.2, 0) is 0 Å². The Morgan fingerprint density at radius 2 is 1.68 bits per heavy atom. The van der Waals surface area contributed by atoms with Crippen molar-refractivity contribution in [3.05, 3.63) is 0 Å². The van der Waals surface area contributed by atoms with Crippen molar-refractivity contribution in [3.63, 3.8) is 0 Å². The van der Waals surface area contributed by atoms with Crippen LogP contribution in [0.1, 0.15) is 90.4 Å². The Balaban J connectivity index is 1.34. The zero-order valence-electron chi connectivity index (χ0n) is 18.1. The molecule has 0 aromatic rings. The molecule has 1 saturated heterocycles. The van der Waals surface area contributed by atoms with Crippen molar-refractivity contribution >= 4 is 0 Å². The second-order valence-corrected chi connectivity index (χ2v) is 11.6. The Morgan fingerprint density at radius 3 is 2.50 bits per heavy atom. The number of hydrogen-bond acceptors (Lipinski definition) is 3. The zero-order chi connectivity index (χ0) is 19.4. The van der Waals surface area contributed by atoms with E-state index < -0.39 is 0 Å². The van der Waals surface area contributed by atoms with E-state index in [0.29, 0.717) is 5.41 Å². The van der Waals surface area contributed by atoms with Crippen LogP contribution in [0, 0.1) is 34.5 Å². The van der Waals surface area contributed by atoms with E-state index in [4.69, 9.17) is 0 Å². The molecular weight excluding hydrogens is 346 g/mol. The van der Waals surface area contributed by atoms with Gasteiger partial charge in [-0.3, -0.25) is 0 Å². The van der Waals surface area contributed by atoms with E-state index >= 15 is 0 Å². The maximum atomic E-state index is 11.2. The van der Waals surface area contributed by atoms with Crippen LogP contribution < -0.4 is 0 Å². The molecule has 5 rings (SSSR count). The van der Waals surface area contributed by atoms with Gasteiger partial charge in [-0.25, -0.2) is 0 Å². The predicted molar refractivity (Wildman–Crippen MR) is 113 cm³/mol. The molecule has 0 aromatic carbocycles. The number of hydrogen-bond donors (Lipinski definition) is 2. The summed E-state index contributed by atoms with van der Waals surface area (Å²) in [5.74, 6) is 3.18. The molecular formula is C25H43NO2. The zero-order valence-corrected chi connectivity index (χ0v) is 18.1. The highest BCUT2D eigenvalue weighted by molar-refractivity contribution is 5.10. The molecule has 8 atom stereocenters. The predicted octanol–water partition coefficient (Wildman–Crippen LogP) is 4.61. The molecule has 0 aromatic heterocycles. The summed E-state index contributed by atoms with van der Waals surface area (Å²) in [6.45, 7) is 6.36. The third-order valence-electron chi connectivity index (χ3n) is 10.7. The second kappa shape index (κ2) is 7.54. The molecule has 3 nitrogen and oxygen atoms in total. The summed E-state index contributed by atoms with van der Waals surface area (Å²) in [7, 11) is 0. The van der Waals surface area contributed by atoms with Crippen molar-refractivity contribution in [2.75, 3.05) is 19.6 Å². The summed E-state index contributed by atoms with van der Waals surface area (Å²) < 4.78 is 0. The third kappa shape index (κ3) is 3.10. The first-order chi connectivity index (χ1) is 13.5. The molecule has 2 N–H and O–H groups in total. The van der Waals surface area contributed by atoms with Gasteiger partial charge in [0, 0.05) is 5.41 Å². The van der Waals surface area contributed by atoms with Crippen LogP contribution in [0.25, 0.3) is 0 Å². The summed E-state index contributed by atoms with van der Waals surface area (Å²) in [5.41, 5.74) is 0.671. The number of nitrogens with zero attached hydrogens (tertiary/aromatic N) is 1. The lowest BCUT2D eigenvalue weighted by Crippen LogP contribution is -2.55. The van der Waals surface area contributed by atoms with Crippen LogP contribution in [0.3, 0.4) is 0 Å². The molecule has 0 amide bonds. The van der Waals surface area contributed by atoms with Crippen molar-refractivity contribution in [2.45, 2.75) is 103 Å². The number of likely N-dealkylation sites (tertiary alicyclic amines) is 1. The van der Waals surface area contributed by atoms with Gasteiger partial charge in [-0.2, -0.15) is 0 Å². The summed E-state index contributed by atoms with van der Waals surface area (Å²) in [6.07, 6.45) is 16.2. The lowest BCUT2D eigenvalue weighted by Gasteiger charge is -2.61. The average molecular weight is 390 g/mol. The smallest absolute Gasteiger partial charge is 0.0599 e. The summed E-state index contributed by atoms with van der Waals surface area (Å²) in [4.78, 5) is 2.69. The van der Waals surface area contributed by atoms with E-state index in [1.807, 2.05) is 0 Å². The highest BCUT2D eigenvalue weighted by Crippen LogP contribution is 2.67. The fourth-order valence-electron chi connectivity index (χ4n) is 9.04. The minimum atomic E-state index is -0.0538. The maximum absolute atomic E-state index is 11.2. The van der Waals surface area contributed by atoms with E-state index in [0.717, 1.165) is 42.9 Å². The molecule has 3 unspecified atom stereocenters. The Hall–Kier alpha value is -0.120. The summed E-state index contributed by atoms with van der Waals surface area (Å²) in [5, 5.41) is 21.4. The first-order valence-corrected chi connectivity index (χ1v) is 12.6. The van der Waals surface area contributed by atoms with E-state index in [1.54, 1.807) is 0 Å². The van der Waals surface area contributed by atoms with Gasteiger partial charge >= 0.3 is 0 Å². The van der Waals surface area contributed by atoms with E-state index in [-0.39, 0.29) is 17.6 Å². The fourth-order valence-corrected chi connectivity index (χ4v) is 9.04. The SMILES string of the molecule is C[C@]12CCC(O)CC1CC[C@H]1[C@@H]3CCC(O)[C@@]3(CCN3CCCCC3)CC[C@@H]12. The molecule has 4 saturated carbocycles. The third-order valence-corrected chi connectivity index (χ3v) is 10.7. The average Bonchev–Trinajstić information content (AvgIpc) is 3.05. The van der Waals surface area contributed by atoms with E-state index in [1.165, 1.54) is 83.8 Å². The number of piperidine rings is 1. The van der Waals surface area contributed by atoms with Crippen LogP contribution in [0.5, 0.6) is 0 Å².